The summed E-state index contributed by atoms with van der Waals surface area (Å²) in [6, 6.07) is 3.90. The first-order chi connectivity index (χ1) is 9.74. The first kappa shape index (κ1) is 13.2. The number of halogens is 1. The van der Waals surface area contributed by atoms with Gasteiger partial charge in [0.25, 0.3) is 0 Å². The molecule has 0 amide bonds. The minimum Gasteiger partial charge on any atom is -0.388 e. The molecule has 0 saturated heterocycles. The van der Waals surface area contributed by atoms with Crippen LogP contribution in [0.15, 0.2) is 30.7 Å². The molecule has 1 fully saturated rings. The number of hydrogen-bond donors (Lipinski definition) is 1. The normalized spacial score (nSPS) is 17.5. The lowest BCUT2D eigenvalue weighted by atomic mass is 10.1. The van der Waals surface area contributed by atoms with Gasteiger partial charge in [0.15, 0.2) is 0 Å². The minimum atomic E-state index is -0.884. The average Bonchev–Trinajstić information content (AvgIpc) is 3.09. The molecular formula is C15H18FN3O. The van der Waals surface area contributed by atoms with Crippen molar-refractivity contribution in [3.05, 3.63) is 47.8 Å². The van der Waals surface area contributed by atoms with Crippen molar-refractivity contribution in [2.45, 2.75) is 44.2 Å². The van der Waals surface area contributed by atoms with Crippen LogP contribution in [0.3, 0.4) is 0 Å². The van der Waals surface area contributed by atoms with E-state index in [4.69, 9.17) is 0 Å². The molecule has 1 saturated carbocycles. The average molecular weight is 275 g/mol. The van der Waals surface area contributed by atoms with Crippen LogP contribution in [0.1, 0.15) is 49.1 Å². The topological polar surface area (TPSA) is 50.9 Å². The van der Waals surface area contributed by atoms with Gasteiger partial charge in [-0.2, -0.15) is 5.10 Å². The second kappa shape index (κ2) is 5.71. The third-order valence-corrected chi connectivity index (χ3v) is 3.93. The van der Waals surface area contributed by atoms with Crippen LogP contribution in [0.25, 0.3) is 0 Å². The van der Waals surface area contributed by atoms with Gasteiger partial charge < -0.3 is 5.11 Å². The Hall–Kier alpha value is -1.75. The van der Waals surface area contributed by atoms with Gasteiger partial charge >= 0.3 is 0 Å². The van der Waals surface area contributed by atoms with E-state index in [1.54, 1.807) is 0 Å². The van der Waals surface area contributed by atoms with Crippen molar-refractivity contribution >= 4 is 0 Å². The fourth-order valence-corrected chi connectivity index (χ4v) is 2.82. The van der Waals surface area contributed by atoms with Crippen molar-refractivity contribution in [1.82, 2.24) is 14.8 Å². The Morgan fingerprint density at radius 2 is 2.15 bits per heavy atom. The standard InChI is InChI=1S/C15H18FN3O/c16-14-10-17-7-5-13(14)15(20)9-11-6-8-19(18-11)12-3-1-2-4-12/h5-8,10,12,15,20H,1-4,9H2. The Morgan fingerprint density at radius 1 is 1.35 bits per heavy atom. The van der Waals surface area contributed by atoms with Crippen LogP contribution >= 0.6 is 0 Å². The number of aliphatic hydroxyl groups excluding tert-OH is 1. The van der Waals surface area contributed by atoms with Crippen molar-refractivity contribution in [1.29, 1.82) is 0 Å². The molecule has 3 rings (SSSR count). The van der Waals surface area contributed by atoms with E-state index < -0.39 is 11.9 Å². The molecule has 4 nitrogen and oxygen atoms in total. The van der Waals surface area contributed by atoms with Crippen molar-refractivity contribution in [2.24, 2.45) is 0 Å². The third-order valence-electron chi connectivity index (χ3n) is 3.93. The highest BCUT2D eigenvalue weighted by Gasteiger charge is 2.19. The second-order valence-corrected chi connectivity index (χ2v) is 5.34. The molecule has 0 bridgehead atoms. The third kappa shape index (κ3) is 2.72. The fourth-order valence-electron chi connectivity index (χ4n) is 2.82. The smallest absolute Gasteiger partial charge is 0.147 e. The molecule has 0 spiro atoms. The molecule has 1 aliphatic carbocycles. The van der Waals surface area contributed by atoms with Crippen molar-refractivity contribution in [2.75, 3.05) is 0 Å². The highest BCUT2D eigenvalue weighted by atomic mass is 19.1. The van der Waals surface area contributed by atoms with Gasteiger partial charge in [-0.05, 0) is 25.0 Å². The lowest BCUT2D eigenvalue weighted by Crippen LogP contribution is -2.08. The summed E-state index contributed by atoms with van der Waals surface area (Å²) >= 11 is 0. The molecule has 20 heavy (non-hydrogen) atoms. The molecule has 5 heteroatoms. The van der Waals surface area contributed by atoms with Crippen LogP contribution in [0.4, 0.5) is 4.39 Å². The highest BCUT2D eigenvalue weighted by Crippen LogP contribution is 2.29. The maximum Gasteiger partial charge on any atom is 0.147 e. The van der Waals surface area contributed by atoms with Crippen molar-refractivity contribution < 1.29 is 9.50 Å². The van der Waals surface area contributed by atoms with E-state index in [2.05, 4.69) is 10.1 Å². The number of aromatic nitrogens is 3. The zero-order valence-corrected chi connectivity index (χ0v) is 11.2. The summed E-state index contributed by atoms with van der Waals surface area (Å²) in [5.74, 6) is -0.477. The van der Waals surface area contributed by atoms with Crippen LogP contribution in [0.5, 0.6) is 0 Å². The van der Waals surface area contributed by atoms with Gasteiger partial charge in [-0.3, -0.25) is 9.67 Å². The molecule has 1 unspecified atom stereocenters. The Kier molecular flexibility index (Phi) is 3.78. The number of rotatable bonds is 4. The number of nitrogens with zero attached hydrogens (tertiary/aromatic N) is 3. The highest BCUT2D eigenvalue weighted by molar-refractivity contribution is 5.18. The summed E-state index contributed by atoms with van der Waals surface area (Å²) in [5.41, 5.74) is 1.07. The van der Waals surface area contributed by atoms with E-state index >= 15 is 0 Å². The molecule has 2 aromatic heterocycles. The van der Waals surface area contributed by atoms with Crippen LogP contribution in [0, 0.1) is 5.82 Å². The van der Waals surface area contributed by atoms with Gasteiger partial charge in [0.1, 0.15) is 5.82 Å². The molecule has 2 aromatic rings. The summed E-state index contributed by atoms with van der Waals surface area (Å²) in [6.45, 7) is 0. The summed E-state index contributed by atoms with van der Waals surface area (Å²) in [4.78, 5) is 3.68. The van der Waals surface area contributed by atoms with E-state index in [9.17, 15) is 9.50 Å². The predicted molar refractivity (Wildman–Crippen MR) is 72.6 cm³/mol. The van der Waals surface area contributed by atoms with E-state index in [1.807, 2.05) is 16.9 Å². The number of aliphatic hydroxyl groups is 1. The Labute approximate surface area is 117 Å². The van der Waals surface area contributed by atoms with E-state index in [0.717, 1.165) is 11.9 Å². The maximum atomic E-state index is 13.5. The molecule has 1 atom stereocenters. The molecule has 1 N–H and O–H groups in total. The number of hydrogen-bond acceptors (Lipinski definition) is 3. The molecule has 1 aliphatic rings. The first-order valence-corrected chi connectivity index (χ1v) is 7.05. The minimum absolute atomic E-state index is 0.274. The Balaban J connectivity index is 1.70. The maximum absolute atomic E-state index is 13.5. The number of pyridine rings is 1. The van der Waals surface area contributed by atoms with Crippen molar-refractivity contribution in [3.63, 3.8) is 0 Å². The summed E-state index contributed by atoms with van der Waals surface area (Å²) in [7, 11) is 0. The van der Waals surface area contributed by atoms with Gasteiger partial charge in [-0.15, -0.1) is 0 Å². The molecular weight excluding hydrogens is 257 g/mol. The van der Waals surface area contributed by atoms with E-state index in [1.165, 1.54) is 37.9 Å². The zero-order chi connectivity index (χ0) is 13.9. The molecule has 106 valence electrons. The summed E-state index contributed by atoms with van der Waals surface area (Å²) < 4.78 is 15.5. The first-order valence-electron chi connectivity index (χ1n) is 7.05. The van der Waals surface area contributed by atoms with Gasteiger partial charge in [0, 0.05) is 24.4 Å². The SMILES string of the molecule is OC(Cc1ccn(C2CCCC2)n1)c1ccncc1F. The lowest BCUT2D eigenvalue weighted by molar-refractivity contribution is 0.172. The van der Waals surface area contributed by atoms with E-state index in [-0.39, 0.29) is 5.56 Å². The summed E-state index contributed by atoms with van der Waals surface area (Å²) in [6.07, 6.45) is 8.85. The zero-order valence-electron chi connectivity index (χ0n) is 11.2. The fraction of sp³-hybridized carbons (Fsp3) is 0.467. The largest absolute Gasteiger partial charge is 0.388 e. The lowest BCUT2D eigenvalue weighted by Gasteiger charge is -2.11. The molecule has 0 radical (unpaired) electrons. The quantitative estimate of drug-likeness (QED) is 0.933. The Morgan fingerprint density at radius 3 is 2.90 bits per heavy atom. The second-order valence-electron chi connectivity index (χ2n) is 5.34. The van der Waals surface area contributed by atoms with Crippen LogP contribution in [-0.4, -0.2) is 19.9 Å². The Bertz CT molecular complexity index is 578. The van der Waals surface area contributed by atoms with Crippen molar-refractivity contribution in [3.8, 4) is 0 Å². The van der Waals surface area contributed by atoms with Crippen LogP contribution in [0.2, 0.25) is 0 Å². The predicted octanol–water partition coefficient (Wildman–Crippen LogP) is 2.81. The molecule has 0 aromatic carbocycles. The monoisotopic (exact) mass is 275 g/mol. The van der Waals surface area contributed by atoms with Crippen LogP contribution in [-0.2, 0) is 6.42 Å². The van der Waals surface area contributed by atoms with Gasteiger partial charge in [-0.1, -0.05) is 12.8 Å². The summed E-state index contributed by atoms with van der Waals surface area (Å²) in [5, 5.41) is 14.6. The molecule has 2 heterocycles. The van der Waals surface area contributed by atoms with Gasteiger partial charge in [-0.25, -0.2) is 4.39 Å². The van der Waals surface area contributed by atoms with Gasteiger partial charge in [0.2, 0.25) is 0 Å². The van der Waals surface area contributed by atoms with E-state index in [0.29, 0.717) is 12.5 Å². The van der Waals surface area contributed by atoms with Crippen LogP contribution < -0.4 is 0 Å². The van der Waals surface area contributed by atoms with Gasteiger partial charge in [0.05, 0.1) is 24.0 Å². The molecule has 0 aliphatic heterocycles.